The molecule has 0 bridgehead atoms. The Hall–Kier alpha value is -8.41. The van der Waals surface area contributed by atoms with E-state index in [9.17, 15) is 0 Å². The maximum absolute atomic E-state index is 6.76. The zero-order valence-corrected chi connectivity index (χ0v) is 40.5. The van der Waals surface area contributed by atoms with Crippen molar-refractivity contribution in [2.45, 2.75) is 20.6 Å². The Morgan fingerprint density at radius 1 is 0.347 bits per heavy atom. The number of para-hydroxylation sites is 2. The van der Waals surface area contributed by atoms with Gasteiger partial charge in [-0.25, -0.2) is 0 Å². The van der Waals surface area contributed by atoms with Crippen molar-refractivity contribution in [2.24, 2.45) is 0 Å². The molecule has 0 N–H and O–H groups in total. The number of hydrogen-bond acceptors (Lipinski definition) is 4. The van der Waals surface area contributed by atoms with Gasteiger partial charge in [0.05, 0.1) is 16.5 Å². The van der Waals surface area contributed by atoms with Crippen LogP contribution >= 0.6 is 23.1 Å². The maximum atomic E-state index is 6.76. The number of thiophene rings is 1. The standard InChI is InChI=1S/C68H41NOS2/c1-4-21-50-46(17-1)49-41-44(39-40-52(49)67(50)55-25-8-13-32-62(55)72-63-33-14-9-26-56(63)67)69(43-37-35-42(36-38-43)45-20-15-34-64-65(45)48-19-3-12-31-61(48)71-64)58-28-16-27-57-66(58)47-18-2-5-22-51(47)68(57)53-23-6-10-29-59(53)70-60-30-11-7-24-54(60)68/h1-41H. The largest absolute Gasteiger partial charge is 0.457 e. The van der Waals surface area contributed by atoms with E-state index in [2.05, 4.69) is 254 Å². The van der Waals surface area contributed by atoms with Crippen LogP contribution in [0.3, 0.4) is 0 Å². The summed E-state index contributed by atoms with van der Waals surface area (Å²) in [6.45, 7) is 0. The lowest BCUT2D eigenvalue weighted by Gasteiger charge is -2.40. The highest BCUT2D eigenvalue weighted by molar-refractivity contribution is 7.99. The molecule has 2 spiro atoms. The Morgan fingerprint density at radius 2 is 0.861 bits per heavy atom. The predicted octanol–water partition coefficient (Wildman–Crippen LogP) is 18.5. The molecule has 1 aromatic heterocycles. The Morgan fingerprint density at radius 3 is 1.60 bits per heavy atom. The van der Waals surface area contributed by atoms with Gasteiger partial charge in [0.25, 0.3) is 0 Å². The van der Waals surface area contributed by atoms with Gasteiger partial charge in [-0.1, -0.05) is 194 Å². The minimum absolute atomic E-state index is 0.467. The van der Waals surface area contributed by atoms with E-state index in [0.717, 1.165) is 39.7 Å². The van der Waals surface area contributed by atoms with Crippen LogP contribution in [-0.4, -0.2) is 0 Å². The molecule has 2 aliphatic heterocycles. The van der Waals surface area contributed by atoms with Crippen molar-refractivity contribution in [2.75, 3.05) is 4.90 Å². The summed E-state index contributed by atoms with van der Waals surface area (Å²) in [5.41, 5.74) is 19.8. The van der Waals surface area contributed by atoms with Gasteiger partial charge in [0, 0.05) is 58.0 Å². The van der Waals surface area contributed by atoms with Crippen molar-refractivity contribution >= 4 is 60.3 Å². The molecule has 0 unspecified atom stereocenters. The molecule has 16 rings (SSSR count). The van der Waals surface area contributed by atoms with Crippen LogP contribution in [0, 0.1) is 0 Å². The molecule has 336 valence electrons. The summed E-state index contributed by atoms with van der Waals surface area (Å²) in [6.07, 6.45) is 0. The summed E-state index contributed by atoms with van der Waals surface area (Å²) < 4.78 is 9.37. The second-order valence-corrected chi connectivity index (χ2v) is 21.5. The van der Waals surface area contributed by atoms with E-state index in [-0.39, 0.29) is 0 Å². The van der Waals surface area contributed by atoms with Crippen LogP contribution in [0.15, 0.2) is 259 Å². The van der Waals surface area contributed by atoms with Crippen molar-refractivity contribution in [3.63, 3.8) is 0 Å². The minimum Gasteiger partial charge on any atom is -0.457 e. The Labute approximate surface area is 426 Å². The first-order valence-corrected chi connectivity index (χ1v) is 26.4. The fourth-order valence-electron chi connectivity index (χ4n) is 13.3. The Bertz CT molecular complexity index is 4170. The summed E-state index contributed by atoms with van der Waals surface area (Å²) in [5, 5.41) is 2.62. The molecule has 0 atom stereocenters. The first kappa shape index (κ1) is 40.3. The fraction of sp³-hybridized carbons (Fsp3) is 0.0294. The molecule has 2 nitrogen and oxygen atoms in total. The molecule has 4 aliphatic rings. The summed E-state index contributed by atoms with van der Waals surface area (Å²) in [7, 11) is 0. The molecule has 0 saturated heterocycles. The lowest BCUT2D eigenvalue weighted by atomic mass is 9.66. The van der Waals surface area contributed by atoms with E-state index in [1.807, 2.05) is 23.1 Å². The maximum Gasteiger partial charge on any atom is 0.132 e. The summed E-state index contributed by atoms with van der Waals surface area (Å²) in [6, 6.07) is 92.8. The van der Waals surface area contributed by atoms with E-state index in [1.54, 1.807) is 0 Å². The number of nitrogens with zero attached hydrogens (tertiary/aromatic N) is 1. The third-order valence-electron chi connectivity index (χ3n) is 16.0. The SMILES string of the molecule is c1ccc2c(c1)Oc1ccccc1C21c2ccccc2-c2c(N(c3ccc(-c4cccc5sc6ccccc6c45)cc3)c3ccc4c(c3)-c3ccccc3C43c4ccccc4Sc4ccccc43)cccc21. The lowest BCUT2D eigenvalue weighted by Crippen LogP contribution is -2.32. The molecule has 0 fully saturated rings. The molecular weight excluding hydrogens is 911 g/mol. The molecule has 12 aromatic rings. The van der Waals surface area contributed by atoms with Crippen molar-refractivity contribution in [1.82, 2.24) is 0 Å². The molecule has 11 aromatic carbocycles. The number of rotatable bonds is 4. The van der Waals surface area contributed by atoms with E-state index >= 15 is 0 Å². The quantitative estimate of drug-likeness (QED) is 0.174. The Kier molecular flexibility index (Phi) is 8.43. The van der Waals surface area contributed by atoms with Crippen molar-refractivity contribution in [3.05, 3.63) is 293 Å². The summed E-state index contributed by atoms with van der Waals surface area (Å²) >= 11 is 3.75. The molecule has 3 heterocycles. The summed E-state index contributed by atoms with van der Waals surface area (Å²) in [5.74, 6) is 1.78. The average molecular weight is 952 g/mol. The van der Waals surface area contributed by atoms with Gasteiger partial charge in [-0.15, -0.1) is 11.3 Å². The van der Waals surface area contributed by atoms with E-state index in [0.29, 0.717) is 0 Å². The average Bonchev–Trinajstić information content (AvgIpc) is 4.07. The fourth-order valence-corrected chi connectivity index (χ4v) is 15.6. The van der Waals surface area contributed by atoms with Crippen LogP contribution in [0.5, 0.6) is 11.5 Å². The van der Waals surface area contributed by atoms with Gasteiger partial charge in [0.15, 0.2) is 0 Å². The number of fused-ring (bicyclic) bond motifs is 21. The van der Waals surface area contributed by atoms with E-state index in [4.69, 9.17) is 4.74 Å². The van der Waals surface area contributed by atoms with Crippen LogP contribution in [0.25, 0.3) is 53.6 Å². The molecule has 2 aliphatic carbocycles. The van der Waals surface area contributed by atoms with Crippen molar-refractivity contribution < 1.29 is 4.74 Å². The first-order valence-electron chi connectivity index (χ1n) is 24.7. The molecular formula is C68H41NOS2. The molecule has 0 amide bonds. The third kappa shape index (κ3) is 5.25. The monoisotopic (exact) mass is 951 g/mol. The third-order valence-corrected chi connectivity index (χ3v) is 18.3. The predicted molar refractivity (Wildman–Crippen MR) is 298 cm³/mol. The van der Waals surface area contributed by atoms with Crippen molar-refractivity contribution in [1.29, 1.82) is 0 Å². The topological polar surface area (TPSA) is 12.5 Å². The molecule has 0 saturated carbocycles. The van der Waals surface area contributed by atoms with Crippen LogP contribution in [0.1, 0.15) is 44.5 Å². The van der Waals surface area contributed by atoms with Crippen LogP contribution < -0.4 is 9.64 Å². The lowest BCUT2D eigenvalue weighted by molar-refractivity contribution is 0.436. The van der Waals surface area contributed by atoms with Gasteiger partial charge in [-0.05, 0) is 128 Å². The van der Waals surface area contributed by atoms with Gasteiger partial charge in [-0.3, -0.25) is 0 Å². The second kappa shape index (κ2) is 15.1. The van der Waals surface area contributed by atoms with Gasteiger partial charge < -0.3 is 9.64 Å². The number of benzene rings is 11. The van der Waals surface area contributed by atoms with Crippen molar-refractivity contribution in [3.8, 4) is 44.9 Å². The Balaban J connectivity index is 0.962. The summed E-state index contributed by atoms with van der Waals surface area (Å²) in [4.78, 5) is 5.14. The van der Waals surface area contributed by atoms with Gasteiger partial charge in [0.2, 0.25) is 0 Å². The molecule has 72 heavy (non-hydrogen) atoms. The van der Waals surface area contributed by atoms with Gasteiger partial charge in [-0.2, -0.15) is 0 Å². The number of anilines is 3. The van der Waals surface area contributed by atoms with Gasteiger partial charge >= 0.3 is 0 Å². The normalized spacial score (nSPS) is 14.4. The second-order valence-electron chi connectivity index (χ2n) is 19.4. The van der Waals surface area contributed by atoms with Crippen LogP contribution in [-0.2, 0) is 10.8 Å². The molecule has 4 heteroatoms. The zero-order valence-electron chi connectivity index (χ0n) is 38.8. The van der Waals surface area contributed by atoms with E-state index in [1.165, 1.54) is 96.7 Å². The minimum atomic E-state index is -0.603. The van der Waals surface area contributed by atoms with Crippen LogP contribution in [0.4, 0.5) is 17.1 Å². The van der Waals surface area contributed by atoms with Gasteiger partial charge in [0.1, 0.15) is 11.5 Å². The smallest absolute Gasteiger partial charge is 0.132 e. The molecule has 0 radical (unpaired) electrons. The highest BCUT2D eigenvalue weighted by atomic mass is 32.2. The first-order chi connectivity index (χ1) is 35.7. The zero-order chi connectivity index (χ0) is 47.1. The highest BCUT2D eigenvalue weighted by Gasteiger charge is 2.53. The van der Waals surface area contributed by atoms with Crippen LogP contribution in [0.2, 0.25) is 0 Å². The van der Waals surface area contributed by atoms with E-state index < -0.39 is 10.8 Å². The number of hydrogen-bond donors (Lipinski definition) is 0. The number of ether oxygens (including phenoxy) is 1. The highest BCUT2D eigenvalue weighted by Crippen LogP contribution is 2.66.